The summed E-state index contributed by atoms with van der Waals surface area (Å²) in [4.78, 5) is 27.1. The molecule has 8 nitrogen and oxygen atoms in total. The van der Waals surface area contributed by atoms with Crippen LogP contribution >= 0.6 is 11.8 Å². The molecule has 146 valence electrons. The van der Waals surface area contributed by atoms with E-state index in [0.29, 0.717) is 16.8 Å². The number of hydrogen-bond acceptors (Lipinski definition) is 7. The van der Waals surface area contributed by atoms with Gasteiger partial charge in [0.2, 0.25) is 11.1 Å². The molecule has 2 aromatic rings. The van der Waals surface area contributed by atoms with Crippen molar-refractivity contribution in [3.63, 3.8) is 0 Å². The molecule has 28 heavy (non-hydrogen) atoms. The van der Waals surface area contributed by atoms with Crippen LogP contribution in [0.3, 0.4) is 0 Å². The number of anilines is 1. The van der Waals surface area contributed by atoms with Crippen molar-refractivity contribution in [3.8, 4) is 0 Å². The van der Waals surface area contributed by atoms with Crippen LogP contribution in [-0.2, 0) is 10.2 Å². The first-order valence-electron chi connectivity index (χ1n) is 9.14. The largest absolute Gasteiger partial charge is 0.325 e. The number of rotatable bonds is 5. The molecule has 1 fully saturated rings. The fraction of sp³-hybridized carbons (Fsp3) is 0.474. The number of nitrogens with one attached hydrogen (secondary N) is 1. The lowest BCUT2D eigenvalue weighted by molar-refractivity contribution is -0.384. The van der Waals surface area contributed by atoms with Gasteiger partial charge in [0.25, 0.3) is 5.69 Å². The molecule has 1 aromatic carbocycles. The second-order valence-corrected chi connectivity index (χ2v) is 9.06. The van der Waals surface area contributed by atoms with E-state index in [0.717, 1.165) is 24.2 Å². The normalized spacial score (nSPS) is 24.0. The number of amides is 1. The maximum atomic E-state index is 12.2. The van der Waals surface area contributed by atoms with E-state index in [2.05, 4.69) is 36.3 Å². The van der Waals surface area contributed by atoms with Crippen molar-refractivity contribution in [2.24, 2.45) is 5.41 Å². The van der Waals surface area contributed by atoms with Crippen LogP contribution in [0.2, 0.25) is 0 Å². The van der Waals surface area contributed by atoms with Crippen molar-refractivity contribution < 1.29 is 9.72 Å². The number of nitrogens with zero attached hydrogens (tertiary/aromatic N) is 4. The molecule has 2 bridgehead atoms. The maximum absolute atomic E-state index is 12.2. The van der Waals surface area contributed by atoms with E-state index in [1.54, 1.807) is 0 Å². The van der Waals surface area contributed by atoms with Gasteiger partial charge in [-0.25, -0.2) is 4.98 Å². The SMILES string of the molecule is CC1(C)[C@H]2CC[C@@]1(C)c1nc(SCC(=O)Nc3ccc([N+](=O)[O-])cc3)nnc12. The molecule has 1 heterocycles. The smallest absolute Gasteiger partial charge is 0.269 e. The van der Waals surface area contributed by atoms with Gasteiger partial charge in [0.1, 0.15) is 0 Å². The van der Waals surface area contributed by atoms with Gasteiger partial charge in [0.15, 0.2) is 0 Å². The van der Waals surface area contributed by atoms with Crippen molar-refractivity contribution in [1.29, 1.82) is 0 Å². The van der Waals surface area contributed by atoms with Gasteiger partial charge in [0, 0.05) is 29.2 Å². The van der Waals surface area contributed by atoms with E-state index < -0.39 is 4.92 Å². The van der Waals surface area contributed by atoms with Crippen molar-refractivity contribution >= 4 is 29.0 Å². The lowest BCUT2D eigenvalue weighted by Crippen LogP contribution is -2.32. The Bertz CT molecular complexity index is 963. The van der Waals surface area contributed by atoms with Crippen LogP contribution in [0.25, 0.3) is 0 Å². The summed E-state index contributed by atoms with van der Waals surface area (Å²) >= 11 is 1.24. The Morgan fingerprint density at radius 1 is 1.29 bits per heavy atom. The van der Waals surface area contributed by atoms with Gasteiger partial charge in [0.05, 0.1) is 22.1 Å². The van der Waals surface area contributed by atoms with Crippen molar-refractivity contribution in [2.45, 2.75) is 50.1 Å². The van der Waals surface area contributed by atoms with Gasteiger partial charge >= 0.3 is 0 Å². The van der Waals surface area contributed by atoms with E-state index in [9.17, 15) is 14.9 Å². The molecule has 0 unspecified atom stereocenters. The number of fused-ring (bicyclic) bond motifs is 5. The van der Waals surface area contributed by atoms with Crippen LogP contribution in [0.15, 0.2) is 29.4 Å². The van der Waals surface area contributed by atoms with Crippen molar-refractivity contribution in [2.75, 3.05) is 11.1 Å². The first-order chi connectivity index (χ1) is 13.2. The third kappa shape index (κ3) is 2.85. The zero-order valence-electron chi connectivity index (χ0n) is 15.9. The maximum Gasteiger partial charge on any atom is 0.269 e. The molecule has 2 aliphatic rings. The molecule has 9 heteroatoms. The van der Waals surface area contributed by atoms with Gasteiger partial charge in [-0.3, -0.25) is 14.9 Å². The van der Waals surface area contributed by atoms with Crippen molar-refractivity contribution in [3.05, 3.63) is 45.8 Å². The van der Waals surface area contributed by atoms with Crippen LogP contribution in [0.5, 0.6) is 0 Å². The Balaban J connectivity index is 1.41. The summed E-state index contributed by atoms with van der Waals surface area (Å²) in [6.45, 7) is 6.81. The number of non-ortho nitro benzene ring substituents is 1. The van der Waals surface area contributed by atoms with E-state index in [1.165, 1.54) is 36.0 Å². The second kappa shape index (κ2) is 6.51. The molecule has 2 aliphatic carbocycles. The zero-order chi connectivity index (χ0) is 20.1. The van der Waals surface area contributed by atoms with Crippen LogP contribution in [0, 0.1) is 15.5 Å². The number of carbonyl (C=O) groups excluding carboxylic acids is 1. The average Bonchev–Trinajstić information content (AvgIpc) is 2.99. The Hall–Kier alpha value is -2.55. The van der Waals surface area contributed by atoms with Gasteiger partial charge < -0.3 is 5.32 Å². The number of benzene rings is 1. The topological polar surface area (TPSA) is 111 Å². The number of carbonyl (C=O) groups is 1. The Kier molecular flexibility index (Phi) is 4.37. The standard InChI is InChI=1S/C19H21N5O3S/c1-18(2)13-8-9-19(18,3)16-15(13)22-23-17(21-16)28-10-14(25)20-11-4-6-12(7-5-11)24(26)27/h4-7,13H,8-10H2,1-3H3,(H,20,25)/t13-,19-/m0/s1. The molecule has 1 N–H and O–H groups in total. The zero-order valence-corrected chi connectivity index (χ0v) is 16.7. The number of nitro groups is 1. The summed E-state index contributed by atoms with van der Waals surface area (Å²) in [6.07, 6.45) is 2.22. The first-order valence-corrected chi connectivity index (χ1v) is 10.1. The summed E-state index contributed by atoms with van der Waals surface area (Å²) in [5, 5.41) is 22.6. The van der Waals surface area contributed by atoms with E-state index in [4.69, 9.17) is 4.98 Å². The fourth-order valence-electron chi connectivity index (χ4n) is 4.42. The number of nitro benzene ring substituents is 1. The fourth-order valence-corrected chi connectivity index (χ4v) is 5.00. The summed E-state index contributed by atoms with van der Waals surface area (Å²) in [6, 6.07) is 5.73. The molecule has 0 aliphatic heterocycles. The third-order valence-corrected chi connectivity index (χ3v) is 7.30. The highest BCUT2D eigenvalue weighted by molar-refractivity contribution is 7.99. The van der Waals surface area contributed by atoms with E-state index >= 15 is 0 Å². The lowest BCUT2D eigenvalue weighted by atomic mass is 9.70. The molecular formula is C19H21N5O3S. The van der Waals surface area contributed by atoms with Crippen LogP contribution < -0.4 is 5.32 Å². The average molecular weight is 399 g/mol. The molecule has 0 radical (unpaired) electrons. The Morgan fingerprint density at radius 3 is 2.68 bits per heavy atom. The molecular weight excluding hydrogens is 378 g/mol. The Morgan fingerprint density at radius 2 is 2.00 bits per heavy atom. The molecule has 2 atom stereocenters. The highest BCUT2D eigenvalue weighted by Gasteiger charge is 2.61. The van der Waals surface area contributed by atoms with Gasteiger partial charge in [-0.1, -0.05) is 32.5 Å². The quantitative estimate of drug-likeness (QED) is 0.464. The monoisotopic (exact) mass is 399 g/mol. The molecule has 0 spiro atoms. The minimum atomic E-state index is -0.478. The van der Waals surface area contributed by atoms with Gasteiger partial charge in [-0.2, -0.15) is 5.10 Å². The predicted octanol–water partition coefficient (Wildman–Crippen LogP) is 3.69. The van der Waals surface area contributed by atoms with Crippen LogP contribution in [0.4, 0.5) is 11.4 Å². The molecule has 4 rings (SSSR count). The summed E-state index contributed by atoms with van der Waals surface area (Å²) < 4.78 is 0. The van der Waals surface area contributed by atoms with E-state index in [-0.39, 0.29) is 28.2 Å². The second-order valence-electron chi connectivity index (χ2n) is 8.11. The number of aromatic nitrogens is 3. The van der Waals surface area contributed by atoms with Crippen LogP contribution in [-0.4, -0.2) is 31.8 Å². The summed E-state index contributed by atoms with van der Waals surface area (Å²) in [5.41, 5.74) is 2.65. The molecule has 1 saturated carbocycles. The van der Waals surface area contributed by atoms with Gasteiger partial charge in [-0.05, 0) is 30.4 Å². The van der Waals surface area contributed by atoms with Crippen LogP contribution in [0.1, 0.15) is 50.9 Å². The predicted molar refractivity (Wildman–Crippen MR) is 105 cm³/mol. The number of hydrogen-bond donors (Lipinski definition) is 1. The third-order valence-electron chi connectivity index (χ3n) is 6.47. The van der Waals surface area contributed by atoms with E-state index in [1.807, 2.05) is 0 Å². The Labute approximate surface area is 166 Å². The minimum Gasteiger partial charge on any atom is -0.325 e. The summed E-state index contributed by atoms with van der Waals surface area (Å²) in [5.74, 6) is 0.314. The molecule has 1 amide bonds. The highest BCUT2D eigenvalue weighted by Crippen LogP contribution is 2.66. The lowest BCUT2D eigenvalue weighted by Gasteiger charge is -2.33. The summed E-state index contributed by atoms with van der Waals surface area (Å²) in [7, 11) is 0. The molecule has 1 aromatic heterocycles. The molecule has 0 saturated heterocycles. The van der Waals surface area contributed by atoms with Gasteiger partial charge in [-0.15, -0.1) is 5.10 Å². The first kappa shape index (κ1) is 18.8. The van der Waals surface area contributed by atoms with Crippen molar-refractivity contribution in [1.82, 2.24) is 15.2 Å². The minimum absolute atomic E-state index is 0.000730. The number of thioether (sulfide) groups is 1. The highest BCUT2D eigenvalue weighted by atomic mass is 32.2.